The summed E-state index contributed by atoms with van der Waals surface area (Å²) in [6, 6.07) is 6.06. The second-order valence-corrected chi connectivity index (χ2v) is 5.96. The van der Waals surface area contributed by atoms with E-state index in [-0.39, 0.29) is 6.04 Å². The minimum atomic E-state index is -0.945. The van der Waals surface area contributed by atoms with Gasteiger partial charge in [-0.3, -0.25) is 19.3 Å². The zero-order valence-electron chi connectivity index (χ0n) is 11.4. The topological polar surface area (TPSA) is 86.8 Å². The van der Waals surface area contributed by atoms with Crippen LogP contribution >= 0.6 is 15.9 Å². The van der Waals surface area contributed by atoms with Crippen molar-refractivity contribution in [3.05, 3.63) is 28.7 Å². The summed E-state index contributed by atoms with van der Waals surface area (Å²) in [4.78, 5) is 49.3. The van der Waals surface area contributed by atoms with Crippen molar-refractivity contribution in [1.82, 2.24) is 9.80 Å². The standard InChI is InChI=1S/C14H12BrN3O4/c15-9-3-1-2-4-10(9)16-11(19)7-17-12(20)13(21)18(14(17)22)8-5-6-8/h1-4,8H,5-7H2,(H,16,19). The Morgan fingerprint density at radius 2 is 1.86 bits per heavy atom. The molecule has 8 heteroatoms. The van der Waals surface area contributed by atoms with Crippen LogP contribution in [0, 0.1) is 0 Å². The Morgan fingerprint density at radius 1 is 1.18 bits per heavy atom. The van der Waals surface area contributed by atoms with Gasteiger partial charge < -0.3 is 5.32 Å². The predicted octanol–water partition coefficient (Wildman–Crippen LogP) is 1.34. The predicted molar refractivity (Wildman–Crippen MR) is 79.7 cm³/mol. The van der Waals surface area contributed by atoms with Crippen molar-refractivity contribution >= 4 is 45.4 Å². The minimum Gasteiger partial charge on any atom is -0.323 e. The third-order valence-electron chi connectivity index (χ3n) is 3.45. The molecular weight excluding hydrogens is 354 g/mol. The van der Waals surface area contributed by atoms with Gasteiger partial charge in [0.25, 0.3) is 0 Å². The summed E-state index contributed by atoms with van der Waals surface area (Å²) in [5.74, 6) is -2.33. The van der Waals surface area contributed by atoms with Gasteiger partial charge in [0.15, 0.2) is 0 Å². The molecule has 0 aromatic heterocycles. The molecule has 5 amide bonds. The monoisotopic (exact) mass is 365 g/mol. The maximum absolute atomic E-state index is 12.1. The van der Waals surface area contributed by atoms with Gasteiger partial charge >= 0.3 is 17.8 Å². The molecule has 0 atom stereocenters. The van der Waals surface area contributed by atoms with Gasteiger partial charge in [-0.2, -0.15) is 0 Å². The zero-order valence-corrected chi connectivity index (χ0v) is 13.0. The molecule has 1 aromatic rings. The van der Waals surface area contributed by atoms with Crippen molar-refractivity contribution in [3.8, 4) is 0 Å². The number of para-hydroxylation sites is 1. The Kier molecular flexibility index (Phi) is 3.69. The van der Waals surface area contributed by atoms with Crippen LogP contribution in [-0.2, 0) is 14.4 Å². The van der Waals surface area contributed by atoms with Gasteiger partial charge in [-0.1, -0.05) is 12.1 Å². The summed E-state index contributed by atoms with van der Waals surface area (Å²) in [6.07, 6.45) is 1.42. The Hall–Kier alpha value is -2.22. The molecule has 0 unspecified atom stereocenters. The van der Waals surface area contributed by atoms with E-state index in [1.165, 1.54) is 0 Å². The molecule has 0 bridgehead atoms. The number of urea groups is 1. The fraction of sp³-hybridized carbons (Fsp3) is 0.286. The zero-order chi connectivity index (χ0) is 15.9. The van der Waals surface area contributed by atoms with Gasteiger partial charge in [0.05, 0.1) is 5.69 Å². The van der Waals surface area contributed by atoms with E-state index in [9.17, 15) is 19.2 Å². The smallest absolute Gasteiger partial charge is 0.323 e. The van der Waals surface area contributed by atoms with Crippen molar-refractivity contribution < 1.29 is 19.2 Å². The van der Waals surface area contributed by atoms with E-state index in [2.05, 4.69) is 21.2 Å². The molecule has 1 saturated carbocycles. The largest absolute Gasteiger partial charge is 0.334 e. The molecule has 3 rings (SSSR count). The van der Waals surface area contributed by atoms with Gasteiger partial charge in [0.2, 0.25) is 5.91 Å². The molecule has 1 aliphatic heterocycles. The maximum atomic E-state index is 12.1. The first-order valence-corrected chi connectivity index (χ1v) is 7.51. The van der Waals surface area contributed by atoms with E-state index in [4.69, 9.17) is 0 Å². The number of halogens is 1. The number of amides is 5. The average Bonchev–Trinajstić information content (AvgIpc) is 3.28. The number of hydrogen-bond acceptors (Lipinski definition) is 4. The van der Waals surface area contributed by atoms with Crippen LogP contribution < -0.4 is 5.32 Å². The Balaban J connectivity index is 1.69. The highest BCUT2D eigenvalue weighted by Crippen LogP contribution is 2.31. The lowest BCUT2D eigenvalue weighted by molar-refractivity contribution is -0.143. The fourth-order valence-electron chi connectivity index (χ4n) is 2.21. The number of carbonyl (C=O) groups is 4. The Morgan fingerprint density at radius 3 is 2.50 bits per heavy atom. The number of rotatable bonds is 4. The van der Waals surface area contributed by atoms with Crippen LogP contribution in [0.2, 0.25) is 0 Å². The van der Waals surface area contributed by atoms with E-state index < -0.39 is 30.3 Å². The third-order valence-corrected chi connectivity index (χ3v) is 4.14. The molecule has 0 spiro atoms. The van der Waals surface area contributed by atoms with E-state index >= 15 is 0 Å². The van der Waals surface area contributed by atoms with E-state index in [0.717, 1.165) is 4.90 Å². The first kappa shape index (κ1) is 14.7. The molecule has 7 nitrogen and oxygen atoms in total. The first-order chi connectivity index (χ1) is 10.5. The molecule has 1 N–H and O–H groups in total. The van der Waals surface area contributed by atoms with Crippen LogP contribution in [0.15, 0.2) is 28.7 Å². The van der Waals surface area contributed by atoms with Gasteiger partial charge in [-0.25, -0.2) is 9.69 Å². The van der Waals surface area contributed by atoms with Crippen LogP contribution in [-0.4, -0.2) is 46.1 Å². The molecule has 1 heterocycles. The fourth-order valence-corrected chi connectivity index (χ4v) is 2.60. The highest BCUT2D eigenvalue weighted by atomic mass is 79.9. The maximum Gasteiger partial charge on any atom is 0.334 e. The molecule has 2 fully saturated rings. The van der Waals surface area contributed by atoms with Crippen molar-refractivity contribution in [2.24, 2.45) is 0 Å². The lowest BCUT2D eigenvalue weighted by Crippen LogP contribution is -2.39. The summed E-state index contributed by atoms with van der Waals surface area (Å²) >= 11 is 3.28. The molecule has 1 aliphatic carbocycles. The van der Waals surface area contributed by atoms with Crippen molar-refractivity contribution in [2.75, 3.05) is 11.9 Å². The summed E-state index contributed by atoms with van der Waals surface area (Å²) < 4.78 is 0.679. The summed E-state index contributed by atoms with van der Waals surface area (Å²) in [6.45, 7) is -0.478. The lowest BCUT2D eigenvalue weighted by Gasteiger charge is -2.15. The number of imide groups is 2. The number of nitrogens with one attached hydrogen (secondary N) is 1. The lowest BCUT2D eigenvalue weighted by atomic mass is 10.3. The second-order valence-electron chi connectivity index (χ2n) is 5.11. The number of carbonyl (C=O) groups excluding carboxylic acids is 4. The normalized spacial score (nSPS) is 18.1. The van der Waals surface area contributed by atoms with Crippen LogP contribution in [0.25, 0.3) is 0 Å². The molecule has 22 heavy (non-hydrogen) atoms. The molecule has 114 valence electrons. The Labute approximate surface area is 134 Å². The third kappa shape index (κ3) is 2.61. The highest BCUT2D eigenvalue weighted by Gasteiger charge is 2.51. The van der Waals surface area contributed by atoms with Gasteiger partial charge in [-0.15, -0.1) is 0 Å². The summed E-state index contributed by atoms with van der Waals surface area (Å²) in [5, 5.41) is 2.59. The molecule has 1 aromatic carbocycles. The average molecular weight is 366 g/mol. The Bertz CT molecular complexity index is 686. The van der Waals surface area contributed by atoms with E-state index in [1.54, 1.807) is 24.3 Å². The van der Waals surface area contributed by atoms with Crippen LogP contribution in [0.5, 0.6) is 0 Å². The number of hydrogen-bond donors (Lipinski definition) is 1. The van der Waals surface area contributed by atoms with Crippen molar-refractivity contribution in [1.29, 1.82) is 0 Å². The first-order valence-electron chi connectivity index (χ1n) is 6.72. The van der Waals surface area contributed by atoms with E-state index in [1.807, 2.05) is 0 Å². The van der Waals surface area contributed by atoms with Crippen molar-refractivity contribution in [2.45, 2.75) is 18.9 Å². The number of benzene rings is 1. The van der Waals surface area contributed by atoms with Crippen LogP contribution in [0.3, 0.4) is 0 Å². The van der Waals surface area contributed by atoms with Gasteiger partial charge in [0, 0.05) is 10.5 Å². The van der Waals surface area contributed by atoms with Crippen molar-refractivity contribution in [3.63, 3.8) is 0 Å². The van der Waals surface area contributed by atoms with Gasteiger partial charge in [-0.05, 0) is 40.9 Å². The quantitative estimate of drug-likeness (QED) is 0.644. The van der Waals surface area contributed by atoms with Crippen LogP contribution in [0.1, 0.15) is 12.8 Å². The molecule has 0 radical (unpaired) electrons. The minimum absolute atomic E-state index is 0.194. The number of anilines is 1. The summed E-state index contributed by atoms with van der Waals surface area (Å²) in [5.41, 5.74) is 0.525. The van der Waals surface area contributed by atoms with Gasteiger partial charge in [0.1, 0.15) is 6.54 Å². The van der Waals surface area contributed by atoms with Crippen LogP contribution in [0.4, 0.5) is 10.5 Å². The SMILES string of the molecule is O=C(CN1C(=O)C(=O)N(C2CC2)C1=O)Nc1ccccc1Br. The number of nitrogens with zero attached hydrogens (tertiary/aromatic N) is 2. The summed E-state index contributed by atoms with van der Waals surface area (Å²) in [7, 11) is 0. The molecular formula is C14H12BrN3O4. The molecule has 1 saturated heterocycles. The molecule has 2 aliphatic rings. The highest BCUT2D eigenvalue weighted by molar-refractivity contribution is 9.10. The van der Waals surface area contributed by atoms with E-state index in [0.29, 0.717) is 27.9 Å². The second kappa shape index (κ2) is 5.53.